The van der Waals surface area contributed by atoms with Crippen LogP contribution in [0.25, 0.3) is 0 Å². The van der Waals surface area contributed by atoms with Crippen molar-refractivity contribution in [2.24, 2.45) is 0 Å². The topological polar surface area (TPSA) is 96.3 Å². The number of hydrogen-bond donors (Lipinski definition) is 2. The minimum Gasteiger partial charge on any atom is -0.360 e. The molecule has 0 atom stereocenters. The summed E-state index contributed by atoms with van der Waals surface area (Å²) < 4.78 is 1.30. The molecule has 0 bridgehead atoms. The molecule has 1 aliphatic rings. The predicted octanol–water partition coefficient (Wildman–Crippen LogP) is 0.520. The zero-order valence-electron chi connectivity index (χ0n) is 15.3. The molecule has 142 valence electrons. The molecule has 0 aliphatic carbocycles. The van der Waals surface area contributed by atoms with Crippen LogP contribution in [0.1, 0.15) is 29.4 Å². The van der Waals surface area contributed by atoms with Gasteiger partial charge < -0.3 is 15.5 Å². The van der Waals surface area contributed by atoms with Gasteiger partial charge in [-0.05, 0) is 30.2 Å². The average molecular weight is 369 g/mol. The first-order valence-electron chi connectivity index (χ1n) is 9.04. The Balaban J connectivity index is 1.59. The van der Waals surface area contributed by atoms with E-state index in [0.717, 1.165) is 24.2 Å². The van der Waals surface area contributed by atoms with E-state index in [1.165, 1.54) is 16.8 Å². The molecule has 1 fully saturated rings. The summed E-state index contributed by atoms with van der Waals surface area (Å²) in [6, 6.07) is 10.5. The largest absolute Gasteiger partial charge is 0.360 e. The second-order valence-corrected chi connectivity index (χ2v) is 6.40. The molecule has 1 saturated heterocycles. The number of aromatic nitrogens is 2. The van der Waals surface area contributed by atoms with Crippen molar-refractivity contribution in [1.29, 1.82) is 0 Å². The lowest BCUT2D eigenvalue weighted by Gasteiger charge is -2.28. The minimum absolute atomic E-state index is 0.0227. The first kappa shape index (κ1) is 18.6. The molecular weight excluding hydrogens is 346 g/mol. The first-order valence-corrected chi connectivity index (χ1v) is 9.04. The molecule has 0 radical (unpaired) electrons. The van der Waals surface area contributed by atoms with Gasteiger partial charge >= 0.3 is 0 Å². The van der Waals surface area contributed by atoms with Gasteiger partial charge in [0.05, 0.1) is 6.54 Å². The molecular formula is C19H23N5O3. The second-order valence-electron chi connectivity index (χ2n) is 6.40. The highest BCUT2D eigenvalue weighted by molar-refractivity contribution is 5.91. The fourth-order valence-electron chi connectivity index (χ4n) is 2.90. The van der Waals surface area contributed by atoms with Gasteiger partial charge in [-0.25, -0.2) is 4.68 Å². The molecule has 2 aromatic rings. The average Bonchev–Trinajstić information content (AvgIpc) is 2.68. The minimum atomic E-state index is -0.323. The number of benzene rings is 1. The smallest absolute Gasteiger partial charge is 0.271 e. The monoisotopic (exact) mass is 369 g/mol. The third kappa shape index (κ3) is 4.72. The van der Waals surface area contributed by atoms with Gasteiger partial charge in [0.1, 0.15) is 5.69 Å². The molecule has 27 heavy (non-hydrogen) atoms. The number of nitrogens with one attached hydrogen (secondary N) is 2. The molecule has 1 aliphatic heterocycles. The maximum atomic E-state index is 12.3. The van der Waals surface area contributed by atoms with Crippen molar-refractivity contribution >= 4 is 17.5 Å². The molecule has 2 amide bonds. The van der Waals surface area contributed by atoms with Gasteiger partial charge in [-0.15, -0.1) is 0 Å². The van der Waals surface area contributed by atoms with Crippen molar-refractivity contribution in [2.45, 2.75) is 26.4 Å². The normalized spacial score (nSPS) is 14.0. The molecule has 8 heteroatoms. The van der Waals surface area contributed by atoms with Crippen LogP contribution in [0.15, 0.2) is 41.2 Å². The zero-order valence-corrected chi connectivity index (χ0v) is 15.3. The van der Waals surface area contributed by atoms with Crippen LogP contribution in [0.3, 0.4) is 0 Å². The van der Waals surface area contributed by atoms with Crippen molar-refractivity contribution in [1.82, 2.24) is 20.4 Å². The Morgan fingerprint density at radius 1 is 1.19 bits per heavy atom. The van der Waals surface area contributed by atoms with Crippen LogP contribution >= 0.6 is 0 Å². The third-order valence-corrected chi connectivity index (χ3v) is 4.33. The summed E-state index contributed by atoms with van der Waals surface area (Å²) in [4.78, 5) is 37.5. The number of hydrogen-bond acceptors (Lipinski definition) is 5. The van der Waals surface area contributed by atoms with Gasteiger partial charge in [0, 0.05) is 37.9 Å². The number of rotatable bonds is 6. The third-order valence-electron chi connectivity index (χ3n) is 4.33. The Hall–Kier alpha value is -3.16. The van der Waals surface area contributed by atoms with E-state index >= 15 is 0 Å². The lowest BCUT2D eigenvalue weighted by molar-refractivity contribution is -0.120. The Bertz CT molecular complexity index is 876. The number of amides is 2. The van der Waals surface area contributed by atoms with Crippen molar-refractivity contribution in [3.8, 4) is 0 Å². The summed E-state index contributed by atoms with van der Waals surface area (Å²) in [6.45, 7) is 4.56. The maximum Gasteiger partial charge on any atom is 0.271 e. The first-order chi connectivity index (χ1) is 13.1. The van der Waals surface area contributed by atoms with Crippen molar-refractivity contribution in [3.05, 3.63) is 58.0 Å². The fraction of sp³-hybridized carbons (Fsp3) is 0.368. The Labute approximate surface area is 157 Å². The standard InChI is InChI=1S/C19H23N5O3/c1-2-10-24-18(26)8-7-16(22-24)19(27)21-12-14-3-5-15(6-4-14)23-11-9-20-17(25)13-23/h3-8H,2,9-13H2,1H3,(H,20,25)(H,21,27). The zero-order chi connectivity index (χ0) is 19.2. The van der Waals surface area contributed by atoms with E-state index in [1.807, 2.05) is 36.1 Å². The van der Waals surface area contributed by atoms with Crippen LogP contribution in [0, 0.1) is 0 Å². The molecule has 0 saturated carbocycles. The Kier molecular flexibility index (Phi) is 5.85. The number of carbonyl (C=O) groups is 2. The number of carbonyl (C=O) groups excluding carboxylic acids is 2. The number of piperazine rings is 1. The summed E-state index contributed by atoms with van der Waals surface area (Å²) in [5.74, 6) is -0.300. The number of nitrogens with zero attached hydrogens (tertiary/aromatic N) is 3. The lowest BCUT2D eigenvalue weighted by atomic mass is 10.1. The molecule has 3 rings (SSSR count). The van der Waals surface area contributed by atoms with Crippen molar-refractivity contribution in [3.63, 3.8) is 0 Å². The van der Waals surface area contributed by atoms with Gasteiger partial charge in [-0.1, -0.05) is 19.1 Å². The van der Waals surface area contributed by atoms with Gasteiger partial charge in [-0.3, -0.25) is 14.4 Å². The lowest BCUT2D eigenvalue weighted by Crippen LogP contribution is -2.47. The van der Waals surface area contributed by atoms with Crippen LogP contribution in [0.4, 0.5) is 5.69 Å². The summed E-state index contributed by atoms with van der Waals surface area (Å²) in [7, 11) is 0. The van der Waals surface area contributed by atoms with Gasteiger partial charge in [0.2, 0.25) is 5.91 Å². The SMILES string of the molecule is CCCn1nc(C(=O)NCc2ccc(N3CCNC(=O)C3)cc2)ccc1=O. The van der Waals surface area contributed by atoms with Crippen LogP contribution in [-0.2, 0) is 17.9 Å². The van der Waals surface area contributed by atoms with Gasteiger partial charge in [0.15, 0.2) is 0 Å². The molecule has 2 heterocycles. The van der Waals surface area contributed by atoms with E-state index < -0.39 is 0 Å². The van der Waals surface area contributed by atoms with Crippen LogP contribution in [0.5, 0.6) is 0 Å². The highest BCUT2D eigenvalue weighted by Gasteiger charge is 2.16. The predicted molar refractivity (Wildman–Crippen MR) is 102 cm³/mol. The van der Waals surface area contributed by atoms with Crippen molar-refractivity contribution in [2.75, 3.05) is 24.5 Å². The maximum absolute atomic E-state index is 12.3. The van der Waals surface area contributed by atoms with E-state index in [-0.39, 0.29) is 23.1 Å². The van der Waals surface area contributed by atoms with Crippen LogP contribution in [0.2, 0.25) is 0 Å². The van der Waals surface area contributed by atoms with E-state index in [4.69, 9.17) is 0 Å². The molecule has 0 spiro atoms. The summed E-state index contributed by atoms with van der Waals surface area (Å²) in [6.07, 6.45) is 0.767. The second kappa shape index (κ2) is 8.48. The summed E-state index contributed by atoms with van der Waals surface area (Å²) >= 11 is 0. The van der Waals surface area contributed by atoms with E-state index in [9.17, 15) is 14.4 Å². The van der Waals surface area contributed by atoms with Gasteiger partial charge in [0.25, 0.3) is 11.5 Å². The quantitative estimate of drug-likeness (QED) is 0.774. The van der Waals surface area contributed by atoms with Crippen LogP contribution < -0.4 is 21.1 Å². The molecule has 8 nitrogen and oxygen atoms in total. The van der Waals surface area contributed by atoms with E-state index in [0.29, 0.717) is 26.2 Å². The Morgan fingerprint density at radius 3 is 2.67 bits per heavy atom. The van der Waals surface area contributed by atoms with E-state index in [2.05, 4.69) is 15.7 Å². The highest BCUT2D eigenvalue weighted by atomic mass is 16.2. The highest BCUT2D eigenvalue weighted by Crippen LogP contribution is 2.16. The van der Waals surface area contributed by atoms with Crippen LogP contribution in [-0.4, -0.2) is 41.2 Å². The molecule has 1 aromatic heterocycles. The van der Waals surface area contributed by atoms with Gasteiger partial charge in [-0.2, -0.15) is 5.10 Å². The van der Waals surface area contributed by atoms with E-state index in [1.54, 1.807) is 0 Å². The van der Waals surface area contributed by atoms with Crippen molar-refractivity contribution < 1.29 is 9.59 Å². The number of anilines is 1. The molecule has 0 unspecified atom stereocenters. The summed E-state index contributed by atoms with van der Waals surface area (Å²) in [5, 5.41) is 9.72. The molecule has 1 aromatic carbocycles. The summed E-state index contributed by atoms with van der Waals surface area (Å²) in [5.41, 5.74) is 1.93. The number of aryl methyl sites for hydroxylation is 1. The fourth-order valence-corrected chi connectivity index (χ4v) is 2.90. The molecule has 2 N–H and O–H groups in total. The Morgan fingerprint density at radius 2 is 1.96 bits per heavy atom.